The van der Waals surface area contributed by atoms with Gasteiger partial charge in [-0.3, -0.25) is 9.78 Å². The molecule has 0 aliphatic rings. The molecule has 1 N–H and O–H groups in total. The van der Waals surface area contributed by atoms with Gasteiger partial charge in [-0.15, -0.1) is 21.5 Å². The Bertz CT molecular complexity index is 1070. The SMILES string of the molecule is Cn1c(SCC(=O)N[C@H](c2ccccc2)c2cccs2)nnc1-c1cccnc1. The first-order valence-electron chi connectivity index (χ1n) is 9.02. The van der Waals surface area contributed by atoms with Crippen LogP contribution in [0.4, 0.5) is 0 Å². The van der Waals surface area contributed by atoms with E-state index in [1.807, 2.05) is 71.6 Å². The Labute approximate surface area is 177 Å². The second-order valence-electron chi connectivity index (χ2n) is 6.32. The molecule has 6 nitrogen and oxygen atoms in total. The van der Waals surface area contributed by atoms with Crippen molar-refractivity contribution in [3.63, 3.8) is 0 Å². The molecule has 3 aromatic heterocycles. The Morgan fingerprint density at radius 3 is 2.72 bits per heavy atom. The lowest BCUT2D eigenvalue weighted by Gasteiger charge is -2.18. The maximum atomic E-state index is 12.7. The van der Waals surface area contributed by atoms with Crippen molar-refractivity contribution in [2.24, 2.45) is 7.05 Å². The number of pyridine rings is 1. The summed E-state index contributed by atoms with van der Waals surface area (Å²) in [6.45, 7) is 0. The molecule has 0 unspecified atom stereocenters. The van der Waals surface area contributed by atoms with Crippen molar-refractivity contribution in [2.45, 2.75) is 11.2 Å². The van der Waals surface area contributed by atoms with E-state index < -0.39 is 0 Å². The Balaban J connectivity index is 1.44. The lowest BCUT2D eigenvalue weighted by atomic mass is 10.1. The Kier molecular flexibility index (Phi) is 6.02. The zero-order chi connectivity index (χ0) is 20.1. The predicted octanol–water partition coefficient (Wildman–Crippen LogP) is 3.94. The van der Waals surface area contributed by atoms with Gasteiger partial charge >= 0.3 is 0 Å². The first-order valence-corrected chi connectivity index (χ1v) is 10.9. The number of carbonyl (C=O) groups is 1. The molecule has 4 rings (SSSR count). The van der Waals surface area contributed by atoms with E-state index in [9.17, 15) is 4.79 Å². The monoisotopic (exact) mass is 421 g/mol. The maximum absolute atomic E-state index is 12.7. The highest BCUT2D eigenvalue weighted by molar-refractivity contribution is 7.99. The minimum atomic E-state index is -0.158. The highest BCUT2D eigenvalue weighted by Gasteiger charge is 2.19. The fourth-order valence-electron chi connectivity index (χ4n) is 2.94. The number of hydrogen-bond acceptors (Lipinski definition) is 6. The third-order valence-corrected chi connectivity index (χ3v) is 6.31. The van der Waals surface area contributed by atoms with E-state index in [2.05, 4.69) is 20.5 Å². The molecule has 4 aromatic rings. The summed E-state index contributed by atoms with van der Waals surface area (Å²) in [6.07, 6.45) is 3.47. The average molecular weight is 422 g/mol. The largest absolute Gasteiger partial charge is 0.344 e. The average Bonchev–Trinajstić information content (AvgIpc) is 3.42. The summed E-state index contributed by atoms with van der Waals surface area (Å²) < 4.78 is 1.88. The van der Waals surface area contributed by atoms with Crippen LogP contribution in [-0.2, 0) is 11.8 Å². The van der Waals surface area contributed by atoms with Crippen LogP contribution in [-0.4, -0.2) is 31.4 Å². The summed E-state index contributed by atoms with van der Waals surface area (Å²) in [7, 11) is 1.89. The number of rotatable bonds is 7. The first-order chi connectivity index (χ1) is 14.2. The van der Waals surface area contributed by atoms with E-state index in [0.29, 0.717) is 5.16 Å². The van der Waals surface area contributed by atoms with E-state index in [4.69, 9.17) is 0 Å². The summed E-state index contributed by atoms with van der Waals surface area (Å²) in [4.78, 5) is 17.9. The third-order valence-electron chi connectivity index (χ3n) is 4.35. The molecular weight excluding hydrogens is 402 g/mol. The molecule has 0 spiro atoms. The summed E-state index contributed by atoms with van der Waals surface area (Å²) in [5.41, 5.74) is 1.95. The predicted molar refractivity (Wildman–Crippen MR) is 116 cm³/mol. The molecule has 0 saturated carbocycles. The highest BCUT2D eigenvalue weighted by atomic mass is 32.2. The molecule has 0 bridgehead atoms. The molecule has 146 valence electrons. The summed E-state index contributed by atoms with van der Waals surface area (Å²) in [6, 6.07) is 17.7. The number of thioether (sulfide) groups is 1. The van der Waals surface area contributed by atoms with Gasteiger partial charge in [0.1, 0.15) is 0 Å². The van der Waals surface area contributed by atoms with Crippen molar-refractivity contribution in [1.82, 2.24) is 25.1 Å². The van der Waals surface area contributed by atoms with E-state index in [1.54, 1.807) is 23.7 Å². The molecule has 1 atom stereocenters. The third kappa shape index (κ3) is 4.55. The van der Waals surface area contributed by atoms with Gasteiger partial charge in [-0.25, -0.2) is 0 Å². The van der Waals surface area contributed by atoms with Gasteiger partial charge in [0, 0.05) is 29.9 Å². The van der Waals surface area contributed by atoms with Crippen molar-refractivity contribution in [2.75, 3.05) is 5.75 Å². The molecule has 0 fully saturated rings. The summed E-state index contributed by atoms with van der Waals surface area (Å²) >= 11 is 3.00. The van der Waals surface area contributed by atoms with Crippen molar-refractivity contribution in [1.29, 1.82) is 0 Å². The minimum absolute atomic E-state index is 0.0526. The number of aromatic nitrogens is 4. The van der Waals surface area contributed by atoms with Crippen molar-refractivity contribution >= 4 is 29.0 Å². The van der Waals surface area contributed by atoms with Crippen molar-refractivity contribution in [3.8, 4) is 11.4 Å². The van der Waals surface area contributed by atoms with E-state index in [0.717, 1.165) is 21.8 Å². The summed E-state index contributed by atoms with van der Waals surface area (Å²) in [5.74, 6) is 0.929. The van der Waals surface area contributed by atoms with Crippen LogP contribution in [0.3, 0.4) is 0 Å². The lowest BCUT2D eigenvalue weighted by molar-refractivity contribution is -0.119. The van der Waals surface area contributed by atoms with Gasteiger partial charge in [0.25, 0.3) is 0 Å². The van der Waals surface area contributed by atoms with E-state index in [-0.39, 0.29) is 17.7 Å². The highest BCUT2D eigenvalue weighted by Crippen LogP contribution is 2.27. The van der Waals surface area contributed by atoms with Crippen LogP contribution in [0, 0.1) is 0 Å². The first kappa shape index (κ1) is 19.4. The van der Waals surface area contributed by atoms with Gasteiger partial charge in [0.15, 0.2) is 11.0 Å². The summed E-state index contributed by atoms with van der Waals surface area (Å²) in [5, 5.41) is 14.3. The Morgan fingerprint density at radius 2 is 2.00 bits per heavy atom. The normalized spacial score (nSPS) is 11.9. The van der Waals surface area contributed by atoms with Gasteiger partial charge in [-0.05, 0) is 29.1 Å². The molecule has 8 heteroatoms. The van der Waals surface area contributed by atoms with Gasteiger partial charge in [-0.1, -0.05) is 48.2 Å². The fraction of sp³-hybridized carbons (Fsp3) is 0.143. The molecule has 29 heavy (non-hydrogen) atoms. The standard InChI is InChI=1S/C21H19N5OS2/c1-26-20(16-9-5-11-22-13-16)24-25-21(26)29-14-18(27)23-19(17-10-6-12-28-17)15-7-3-2-4-8-15/h2-13,19H,14H2,1H3,(H,23,27)/t19-/m1/s1. The van der Waals surface area contributed by atoms with E-state index >= 15 is 0 Å². The number of hydrogen-bond donors (Lipinski definition) is 1. The van der Waals surface area contributed by atoms with Gasteiger partial charge in [0.05, 0.1) is 11.8 Å². The quantitative estimate of drug-likeness (QED) is 0.458. The zero-order valence-electron chi connectivity index (χ0n) is 15.7. The number of nitrogens with zero attached hydrogens (tertiary/aromatic N) is 4. The van der Waals surface area contributed by atoms with Crippen molar-refractivity contribution < 1.29 is 4.79 Å². The molecule has 0 aliphatic carbocycles. The number of carbonyl (C=O) groups excluding carboxylic acids is 1. The molecule has 0 radical (unpaired) electrons. The lowest BCUT2D eigenvalue weighted by Crippen LogP contribution is -2.30. The fourth-order valence-corrected chi connectivity index (χ4v) is 4.46. The van der Waals surface area contributed by atoms with Gasteiger partial charge in [-0.2, -0.15) is 0 Å². The number of nitrogens with one attached hydrogen (secondary N) is 1. The molecule has 0 aliphatic heterocycles. The van der Waals surface area contributed by atoms with Crippen LogP contribution in [0.1, 0.15) is 16.5 Å². The van der Waals surface area contributed by atoms with Crippen LogP contribution >= 0.6 is 23.1 Å². The van der Waals surface area contributed by atoms with Crippen LogP contribution in [0.15, 0.2) is 77.5 Å². The second kappa shape index (κ2) is 9.02. The number of benzene rings is 1. The van der Waals surface area contributed by atoms with Crippen molar-refractivity contribution in [3.05, 3.63) is 82.8 Å². The Hall–Kier alpha value is -2.97. The number of amides is 1. The molecule has 1 aromatic carbocycles. The number of thiophene rings is 1. The smallest absolute Gasteiger partial charge is 0.231 e. The van der Waals surface area contributed by atoms with Crippen LogP contribution in [0.25, 0.3) is 11.4 Å². The van der Waals surface area contributed by atoms with Gasteiger partial charge in [0.2, 0.25) is 5.91 Å². The molecule has 0 saturated heterocycles. The topological polar surface area (TPSA) is 72.7 Å². The molecular formula is C21H19N5OS2. The van der Waals surface area contributed by atoms with Gasteiger partial charge < -0.3 is 9.88 Å². The second-order valence-corrected chi connectivity index (χ2v) is 8.24. The van der Waals surface area contributed by atoms with E-state index in [1.165, 1.54) is 11.8 Å². The molecule has 1 amide bonds. The molecule has 3 heterocycles. The van der Waals surface area contributed by atoms with Crippen LogP contribution in [0.2, 0.25) is 0 Å². The maximum Gasteiger partial charge on any atom is 0.231 e. The minimum Gasteiger partial charge on any atom is -0.344 e. The van der Waals surface area contributed by atoms with Crippen LogP contribution in [0.5, 0.6) is 0 Å². The van der Waals surface area contributed by atoms with Crippen LogP contribution < -0.4 is 5.32 Å². The zero-order valence-corrected chi connectivity index (χ0v) is 17.4. The Morgan fingerprint density at radius 1 is 1.14 bits per heavy atom.